The molecule has 1 atom stereocenters. The number of pyridine rings is 1. The third-order valence-corrected chi connectivity index (χ3v) is 4.45. The van der Waals surface area contributed by atoms with Gasteiger partial charge in [0.2, 0.25) is 0 Å². The lowest BCUT2D eigenvalue weighted by atomic mass is 10.0. The third-order valence-electron chi connectivity index (χ3n) is 4.45. The topological polar surface area (TPSA) is 86.5 Å². The van der Waals surface area contributed by atoms with Gasteiger partial charge in [0, 0.05) is 5.69 Å². The molecule has 1 unspecified atom stereocenters. The smallest absolute Gasteiger partial charge is 0.322 e. The molecular formula is C20H25N3O3. The van der Waals surface area contributed by atoms with E-state index in [2.05, 4.69) is 27.2 Å². The molecule has 138 valence electrons. The van der Waals surface area contributed by atoms with E-state index < -0.39 is 6.04 Å². The molecule has 6 nitrogen and oxygen atoms in total. The summed E-state index contributed by atoms with van der Waals surface area (Å²) in [7, 11) is 1.35. The van der Waals surface area contributed by atoms with Crippen molar-refractivity contribution in [2.24, 2.45) is 5.73 Å². The summed E-state index contributed by atoms with van der Waals surface area (Å²) in [5.41, 5.74) is 9.17. The fraction of sp³-hybridized carbons (Fsp3) is 0.400. The summed E-state index contributed by atoms with van der Waals surface area (Å²) >= 11 is 0. The Morgan fingerprint density at radius 2 is 2.00 bits per heavy atom. The second-order valence-electron chi connectivity index (χ2n) is 6.43. The van der Waals surface area contributed by atoms with Crippen LogP contribution in [0, 0.1) is 0 Å². The van der Waals surface area contributed by atoms with E-state index in [-0.39, 0.29) is 5.97 Å². The van der Waals surface area contributed by atoms with Crippen LogP contribution in [0.25, 0.3) is 0 Å². The molecular weight excluding hydrogens is 330 g/mol. The van der Waals surface area contributed by atoms with Crippen LogP contribution in [0.1, 0.15) is 23.2 Å². The van der Waals surface area contributed by atoms with Crippen molar-refractivity contribution in [3.05, 3.63) is 53.2 Å². The number of benzene rings is 1. The second kappa shape index (κ2) is 8.67. The van der Waals surface area contributed by atoms with E-state index in [4.69, 9.17) is 10.5 Å². The highest BCUT2D eigenvalue weighted by Crippen LogP contribution is 2.25. The van der Waals surface area contributed by atoms with Crippen molar-refractivity contribution in [1.29, 1.82) is 0 Å². The van der Waals surface area contributed by atoms with Gasteiger partial charge in [-0.3, -0.25) is 4.79 Å². The van der Waals surface area contributed by atoms with E-state index in [1.54, 1.807) is 0 Å². The fourth-order valence-corrected chi connectivity index (χ4v) is 3.00. The molecule has 2 heterocycles. The van der Waals surface area contributed by atoms with E-state index in [0.29, 0.717) is 13.0 Å². The van der Waals surface area contributed by atoms with Crippen LogP contribution >= 0.6 is 0 Å². The lowest BCUT2D eigenvalue weighted by molar-refractivity contribution is -0.142. The Bertz CT molecular complexity index is 746. The molecule has 6 heteroatoms. The number of aryl methyl sites for hydroxylation is 2. The highest BCUT2D eigenvalue weighted by Gasteiger charge is 2.14. The maximum absolute atomic E-state index is 11.4. The number of nitrogens with two attached hydrogens (primary N) is 1. The first kappa shape index (κ1) is 18.2. The molecule has 1 aliphatic heterocycles. The van der Waals surface area contributed by atoms with Crippen LogP contribution in [0.4, 0.5) is 5.82 Å². The number of fused-ring (bicyclic) bond motifs is 1. The molecule has 1 aliphatic rings. The average molecular weight is 355 g/mol. The number of carbonyl (C=O) groups is 1. The molecule has 1 aromatic heterocycles. The van der Waals surface area contributed by atoms with Gasteiger partial charge >= 0.3 is 5.97 Å². The van der Waals surface area contributed by atoms with Gasteiger partial charge in [-0.2, -0.15) is 0 Å². The summed E-state index contributed by atoms with van der Waals surface area (Å²) in [5, 5.41) is 3.27. The number of carbonyl (C=O) groups excluding carboxylic acids is 1. The van der Waals surface area contributed by atoms with Crippen LogP contribution < -0.4 is 15.8 Å². The minimum absolute atomic E-state index is 0.383. The first-order chi connectivity index (χ1) is 12.7. The molecule has 2 aromatic rings. The van der Waals surface area contributed by atoms with Crippen LogP contribution in [0.3, 0.4) is 0 Å². The number of methoxy groups -OCH3 is 1. The van der Waals surface area contributed by atoms with Gasteiger partial charge in [-0.1, -0.05) is 24.3 Å². The molecule has 3 rings (SSSR count). The lowest BCUT2D eigenvalue weighted by Gasteiger charge is -2.18. The monoisotopic (exact) mass is 355 g/mol. The molecule has 3 N–H and O–H groups in total. The van der Waals surface area contributed by atoms with Crippen molar-refractivity contribution in [1.82, 2.24) is 4.98 Å². The Hall–Kier alpha value is -2.60. The van der Waals surface area contributed by atoms with Crippen LogP contribution in [0.5, 0.6) is 5.75 Å². The number of rotatable bonds is 7. The zero-order valence-corrected chi connectivity index (χ0v) is 15.0. The molecule has 0 saturated heterocycles. The normalized spacial score (nSPS) is 13.9. The molecule has 0 fully saturated rings. The maximum Gasteiger partial charge on any atom is 0.322 e. The highest BCUT2D eigenvalue weighted by atomic mass is 16.5. The van der Waals surface area contributed by atoms with Crippen LogP contribution in [0.15, 0.2) is 36.4 Å². The minimum atomic E-state index is -0.612. The number of nitrogens with zero attached hydrogens (tertiary/aromatic N) is 1. The van der Waals surface area contributed by atoms with Crippen LogP contribution in [0.2, 0.25) is 0 Å². The molecule has 1 aromatic carbocycles. The number of ether oxygens (including phenoxy) is 2. The largest absolute Gasteiger partial charge is 0.488 e. The summed E-state index contributed by atoms with van der Waals surface area (Å²) < 4.78 is 10.2. The van der Waals surface area contributed by atoms with Gasteiger partial charge in [0.25, 0.3) is 0 Å². The molecule has 0 bridgehead atoms. The zero-order valence-electron chi connectivity index (χ0n) is 15.0. The number of hydrogen-bond donors (Lipinski definition) is 2. The molecule has 26 heavy (non-hydrogen) atoms. The van der Waals surface area contributed by atoms with Crippen molar-refractivity contribution < 1.29 is 14.3 Å². The first-order valence-electron chi connectivity index (χ1n) is 8.93. The summed E-state index contributed by atoms with van der Waals surface area (Å²) in [6.45, 7) is 1.49. The Morgan fingerprint density at radius 1 is 1.23 bits per heavy atom. The van der Waals surface area contributed by atoms with Gasteiger partial charge in [-0.15, -0.1) is 0 Å². The maximum atomic E-state index is 11.4. The lowest BCUT2D eigenvalue weighted by Crippen LogP contribution is -2.33. The van der Waals surface area contributed by atoms with Crippen molar-refractivity contribution in [3.8, 4) is 5.75 Å². The van der Waals surface area contributed by atoms with Crippen LogP contribution in [-0.2, 0) is 28.8 Å². The van der Waals surface area contributed by atoms with E-state index >= 15 is 0 Å². The zero-order chi connectivity index (χ0) is 18.4. The van der Waals surface area contributed by atoms with Gasteiger partial charge in [0.1, 0.15) is 12.6 Å². The second-order valence-corrected chi connectivity index (χ2v) is 6.43. The molecule has 0 aliphatic carbocycles. The van der Waals surface area contributed by atoms with Gasteiger partial charge in [-0.25, -0.2) is 4.98 Å². The van der Waals surface area contributed by atoms with Crippen LogP contribution in [-0.4, -0.2) is 37.3 Å². The van der Waals surface area contributed by atoms with E-state index in [0.717, 1.165) is 48.6 Å². The van der Waals surface area contributed by atoms with Crippen molar-refractivity contribution in [3.63, 3.8) is 0 Å². The van der Waals surface area contributed by atoms with Crippen molar-refractivity contribution in [2.75, 3.05) is 25.6 Å². The fourth-order valence-electron chi connectivity index (χ4n) is 3.00. The van der Waals surface area contributed by atoms with E-state index in [1.165, 1.54) is 12.7 Å². The Morgan fingerprint density at radius 3 is 2.77 bits per heavy atom. The molecule has 0 spiro atoms. The molecule has 0 radical (unpaired) electrons. The Balaban J connectivity index is 1.48. The Kier molecular flexibility index (Phi) is 6.07. The average Bonchev–Trinajstić information content (AvgIpc) is 2.68. The van der Waals surface area contributed by atoms with E-state index in [1.807, 2.05) is 24.3 Å². The summed E-state index contributed by atoms with van der Waals surface area (Å²) in [6.07, 6.45) is 3.41. The van der Waals surface area contributed by atoms with Gasteiger partial charge < -0.3 is 20.5 Å². The third kappa shape index (κ3) is 4.73. The highest BCUT2D eigenvalue weighted by molar-refractivity contribution is 5.75. The van der Waals surface area contributed by atoms with Gasteiger partial charge in [-0.05, 0) is 48.9 Å². The summed E-state index contributed by atoms with van der Waals surface area (Å²) in [6, 6.07) is 11.6. The summed E-state index contributed by atoms with van der Waals surface area (Å²) in [4.78, 5) is 16.0. The predicted molar refractivity (Wildman–Crippen MR) is 100 cm³/mol. The molecule has 0 amide bonds. The number of nitrogens with one attached hydrogen (secondary N) is 1. The van der Waals surface area contributed by atoms with Gasteiger partial charge in [0.15, 0.2) is 11.6 Å². The number of aromatic nitrogens is 1. The quantitative estimate of drug-likeness (QED) is 0.740. The number of hydrogen-bond acceptors (Lipinski definition) is 6. The SMILES string of the molecule is COC(=O)C(N)Cc1ccc(CCCc2ccc3c(n2)NCCO3)cc1. The number of esters is 1. The van der Waals surface area contributed by atoms with Crippen molar-refractivity contribution in [2.45, 2.75) is 31.7 Å². The predicted octanol–water partition coefficient (Wildman–Crippen LogP) is 2.10. The van der Waals surface area contributed by atoms with Gasteiger partial charge in [0.05, 0.1) is 13.7 Å². The number of anilines is 1. The minimum Gasteiger partial charge on any atom is -0.488 e. The van der Waals surface area contributed by atoms with Crippen molar-refractivity contribution >= 4 is 11.8 Å². The standard InChI is InChI=1S/C20H25N3O3/c1-25-20(24)17(21)13-15-7-5-14(6-8-15)3-2-4-16-9-10-18-19(23-16)22-11-12-26-18/h5-10,17H,2-4,11-13,21H2,1H3,(H,22,23). The first-order valence-corrected chi connectivity index (χ1v) is 8.93. The summed E-state index contributed by atoms with van der Waals surface area (Å²) in [5.74, 6) is 1.30. The van der Waals surface area contributed by atoms with E-state index in [9.17, 15) is 4.79 Å². The Labute approximate surface area is 153 Å². The molecule has 0 saturated carbocycles.